The first kappa shape index (κ1) is 20.2. The Morgan fingerprint density at radius 3 is 2.56 bits per heavy atom. The highest BCUT2D eigenvalue weighted by molar-refractivity contribution is 6.09. The summed E-state index contributed by atoms with van der Waals surface area (Å²) in [6.07, 6.45) is 3.45. The smallest absolute Gasteiger partial charge is 0.260 e. The maximum atomic E-state index is 13.0. The fourth-order valence-corrected chi connectivity index (χ4v) is 4.04. The normalized spacial score (nSPS) is 15.6. The van der Waals surface area contributed by atoms with Crippen LogP contribution in [0.3, 0.4) is 0 Å². The van der Waals surface area contributed by atoms with E-state index in [0.717, 1.165) is 54.6 Å². The third kappa shape index (κ3) is 3.60. The number of nitrogens with one attached hydrogen (secondary N) is 1. The van der Waals surface area contributed by atoms with Gasteiger partial charge in [0.05, 0.1) is 49.6 Å². The third-order valence-corrected chi connectivity index (χ3v) is 5.77. The molecule has 1 fully saturated rings. The number of hydrogen-bond acceptors (Lipinski definition) is 8. The number of aromatic nitrogens is 3. The molecule has 0 spiro atoms. The zero-order valence-electron chi connectivity index (χ0n) is 18.0. The molecule has 2 aliphatic heterocycles. The van der Waals surface area contributed by atoms with Crippen LogP contribution in [-0.2, 0) is 6.54 Å². The molecule has 5 rings (SSSR count). The molecule has 0 bridgehead atoms. The quantitative estimate of drug-likeness (QED) is 0.656. The summed E-state index contributed by atoms with van der Waals surface area (Å²) in [6.45, 7) is 4.16. The van der Waals surface area contributed by atoms with Gasteiger partial charge < -0.3 is 24.6 Å². The Hall–Kier alpha value is -3.72. The highest BCUT2D eigenvalue weighted by Gasteiger charge is 2.30. The molecule has 0 radical (unpaired) electrons. The minimum Gasteiger partial charge on any atom is -0.491 e. The van der Waals surface area contributed by atoms with Crippen LogP contribution in [-0.4, -0.2) is 61.3 Å². The van der Waals surface area contributed by atoms with Gasteiger partial charge >= 0.3 is 0 Å². The number of fused-ring (bicyclic) bond motifs is 1. The number of methoxy groups -OCH3 is 2. The van der Waals surface area contributed by atoms with Gasteiger partial charge in [-0.15, -0.1) is 0 Å². The maximum Gasteiger partial charge on any atom is 0.260 e. The predicted octanol–water partition coefficient (Wildman–Crippen LogP) is 2.13. The van der Waals surface area contributed by atoms with Gasteiger partial charge in [-0.1, -0.05) is 0 Å². The second-order valence-electron chi connectivity index (χ2n) is 7.63. The molecule has 3 aromatic heterocycles. The minimum atomic E-state index is -0.0683. The van der Waals surface area contributed by atoms with Gasteiger partial charge in [0.1, 0.15) is 5.82 Å². The summed E-state index contributed by atoms with van der Waals surface area (Å²) in [5.74, 6) is 1.80. The molecular weight excluding hydrogens is 408 g/mol. The third-order valence-electron chi connectivity index (χ3n) is 5.77. The molecule has 164 valence electrons. The molecule has 0 unspecified atom stereocenters. The molecular formula is C23H24N6O3. The van der Waals surface area contributed by atoms with E-state index in [9.17, 15) is 4.79 Å². The highest BCUT2D eigenvalue weighted by atomic mass is 16.5. The Balaban J connectivity index is 1.38. The first-order valence-corrected chi connectivity index (χ1v) is 10.5. The lowest BCUT2D eigenvalue weighted by atomic mass is 10.1. The lowest BCUT2D eigenvalue weighted by Crippen LogP contribution is -2.43. The Morgan fingerprint density at radius 2 is 1.84 bits per heavy atom. The van der Waals surface area contributed by atoms with Crippen LogP contribution < -0.4 is 24.6 Å². The van der Waals surface area contributed by atoms with E-state index in [1.165, 1.54) is 0 Å². The fourth-order valence-electron chi connectivity index (χ4n) is 4.04. The zero-order valence-corrected chi connectivity index (χ0v) is 18.0. The number of carbonyl (C=O) groups is 1. The van der Waals surface area contributed by atoms with Gasteiger partial charge in [-0.3, -0.25) is 9.78 Å². The number of hydrogen-bond donors (Lipinski definition) is 1. The van der Waals surface area contributed by atoms with E-state index in [1.807, 2.05) is 30.3 Å². The summed E-state index contributed by atoms with van der Waals surface area (Å²) in [7, 11) is 3.11. The van der Waals surface area contributed by atoms with Crippen LogP contribution in [0.1, 0.15) is 16.1 Å². The Morgan fingerprint density at radius 1 is 1.00 bits per heavy atom. The van der Waals surface area contributed by atoms with Crippen LogP contribution in [0.25, 0.3) is 11.3 Å². The predicted molar refractivity (Wildman–Crippen MR) is 120 cm³/mol. The summed E-state index contributed by atoms with van der Waals surface area (Å²) >= 11 is 0. The summed E-state index contributed by atoms with van der Waals surface area (Å²) in [4.78, 5) is 30.6. The number of piperazine rings is 1. The second-order valence-corrected chi connectivity index (χ2v) is 7.63. The highest BCUT2D eigenvalue weighted by Crippen LogP contribution is 2.32. The number of rotatable bonds is 5. The van der Waals surface area contributed by atoms with Crippen molar-refractivity contribution in [2.24, 2.45) is 0 Å². The molecule has 1 amide bonds. The molecule has 1 N–H and O–H groups in total. The average molecular weight is 432 g/mol. The summed E-state index contributed by atoms with van der Waals surface area (Å²) in [5.41, 5.74) is 3.61. The molecule has 2 aliphatic rings. The first-order chi connectivity index (χ1) is 15.7. The largest absolute Gasteiger partial charge is 0.491 e. The van der Waals surface area contributed by atoms with Gasteiger partial charge in [-0.2, -0.15) is 0 Å². The molecule has 9 heteroatoms. The van der Waals surface area contributed by atoms with E-state index in [-0.39, 0.29) is 5.91 Å². The van der Waals surface area contributed by atoms with E-state index >= 15 is 0 Å². The minimum absolute atomic E-state index is 0.0683. The number of pyridine rings is 3. The second kappa shape index (κ2) is 8.43. The molecule has 0 saturated carbocycles. The Kier molecular flexibility index (Phi) is 5.32. The monoisotopic (exact) mass is 432 g/mol. The van der Waals surface area contributed by atoms with Gasteiger partial charge in [0.15, 0.2) is 5.75 Å². The van der Waals surface area contributed by atoms with Crippen LogP contribution in [0.5, 0.6) is 11.6 Å². The van der Waals surface area contributed by atoms with Gasteiger partial charge in [-0.05, 0) is 30.3 Å². The van der Waals surface area contributed by atoms with E-state index < -0.39 is 0 Å². The summed E-state index contributed by atoms with van der Waals surface area (Å²) < 4.78 is 10.6. The average Bonchev–Trinajstić information content (AvgIpc) is 3.20. The van der Waals surface area contributed by atoms with E-state index in [1.54, 1.807) is 31.5 Å². The number of ether oxygens (including phenoxy) is 2. The molecule has 9 nitrogen and oxygen atoms in total. The maximum absolute atomic E-state index is 13.0. The van der Waals surface area contributed by atoms with E-state index in [0.29, 0.717) is 23.7 Å². The molecule has 32 heavy (non-hydrogen) atoms. The van der Waals surface area contributed by atoms with E-state index in [2.05, 4.69) is 20.2 Å². The number of amides is 1. The molecule has 0 atom stereocenters. The van der Waals surface area contributed by atoms with Gasteiger partial charge in [0, 0.05) is 37.9 Å². The lowest BCUT2D eigenvalue weighted by molar-refractivity contribution is 0.0996. The van der Waals surface area contributed by atoms with Crippen LogP contribution in [0, 0.1) is 0 Å². The topological polar surface area (TPSA) is 92.7 Å². The summed E-state index contributed by atoms with van der Waals surface area (Å²) in [6, 6.07) is 9.40. The SMILES string of the molecule is COc1cc(-c2ccc3c(n2)CN(c2ccc(N4CCNCC4)nc2)C3=O)cnc1OC. The van der Waals surface area contributed by atoms with Crippen LogP contribution in [0.2, 0.25) is 0 Å². The van der Waals surface area contributed by atoms with Crippen LogP contribution in [0.15, 0.2) is 42.7 Å². The zero-order chi connectivity index (χ0) is 22.1. The number of nitrogens with zero attached hydrogens (tertiary/aromatic N) is 5. The van der Waals surface area contributed by atoms with Gasteiger partial charge in [0.25, 0.3) is 11.8 Å². The van der Waals surface area contributed by atoms with Crippen molar-refractivity contribution in [2.75, 3.05) is 50.2 Å². The fraction of sp³-hybridized carbons (Fsp3) is 0.304. The Bertz CT molecular complexity index is 1140. The lowest BCUT2D eigenvalue weighted by Gasteiger charge is -2.28. The van der Waals surface area contributed by atoms with Crippen molar-refractivity contribution in [3.05, 3.63) is 54.0 Å². The van der Waals surface area contributed by atoms with E-state index in [4.69, 9.17) is 14.5 Å². The first-order valence-electron chi connectivity index (χ1n) is 10.5. The molecule has 5 heterocycles. The standard InChI is InChI=1S/C23H24N6O3/c1-31-20-11-15(12-26-22(20)32-2)18-5-4-17-19(27-18)14-29(23(17)30)16-3-6-21(25-13-16)28-9-7-24-8-10-28/h3-6,11-13,24H,7-10,14H2,1-2H3. The van der Waals surface area contributed by atoms with Crippen LogP contribution >= 0.6 is 0 Å². The Labute approximate surface area is 186 Å². The van der Waals surface area contributed by atoms with Gasteiger partial charge in [0.2, 0.25) is 0 Å². The van der Waals surface area contributed by atoms with Crippen molar-refractivity contribution in [2.45, 2.75) is 6.54 Å². The van der Waals surface area contributed by atoms with Crippen molar-refractivity contribution < 1.29 is 14.3 Å². The van der Waals surface area contributed by atoms with Crippen molar-refractivity contribution in [3.8, 4) is 22.9 Å². The number of carbonyl (C=O) groups excluding carboxylic acids is 1. The molecule has 1 saturated heterocycles. The van der Waals surface area contributed by atoms with Crippen LogP contribution in [0.4, 0.5) is 11.5 Å². The number of anilines is 2. The van der Waals surface area contributed by atoms with Crippen molar-refractivity contribution in [3.63, 3.8) is 0 Å². The molecule has 3 aromatic rings. The molecule has 0 aromatic carbocycles. The molecule has 0 aliphatic carbocycles. The van der Waals surface area contributed by atoms with Crippen molar-refractivity contribution in [1.82, 2.24) is 20.3 Å². The van der Waals surface area contributed by atoms with Crippen molar-refractivity contribution in [1.29, 1.82) is 0 Å². The van der Waals surface area contributed by atoms with Crippen molar-refractivity contribution >= 4 is 17.4 Å². The summed E-state index contributed by atoms with van der Waals surface area (Å²) in [5, 5.41) is 3.34. The van der Waals surface area contributed by atoms with Gasteiger partial charge in [-0.25, -0.2) is 9.97 Å².